The molecule has 0 bridgehead atoms. The molecule has 3 heterocycles. The molecular weight excluding hydrogens is 340 g/mol. The van der Waals surface area contributed by atoms with E-state index in [1.807, 2.05) is 32.3 Å². The van der Waals surface area contributed by atoms with Crippen LogP contribution in [-0.2, 0) is 13.2 Å². The van der Waals surface area contributed by atoms with Crippen LogP contribution in [0.1, 0.15) is 47.2 Å². The number of benzene rings is 1. The van der Waals surface area contributed by atoms with Crippen LogP contribution in [0.4, 0.5) is 0 Å². The first kappa shape index (κ1) is 17.8. The zero-order valence-corrected chi connectivity index (χ0v) is 15.9. The van der Waals surface area contributed by atoms with E-state index >= 15 is 0 Å². The molecule has 0 radical (unpaired) electrons. The number of likely N-dealkylation sites (tertiary alicyclic amines) is 1. The standard InChI is InChI=1S/C21H26N4O2/c1-15-20(16(2)27-24-15)14-26-19-7-3-5-17(11-19)12-25-10-4-6-18(13-25)21-22-8-9-23-21/h3,5,7-9,11,18H,4,6,10,12-14H2,1-2H3,(H,22,23). The van der Waals surface area contributed by atoms with Crippen LogP contribution in [0.15, 0.2) is 41.2 Å². The van der Waals surface area contributed by atoms with Gasteiger partial charge in [0.25, 0.3) is 0 Å². The minimum absolute atomic E-state index is 0.481. The Bertz CT molecular complexity index is 853. The number of H-pyrrole nitrogens is 1. The van der Waals surface area contributed by atoms with Crippen LogP contribution in [0.5, 0.6) is 5.75 Å². The summed E-state index contributed by atoms with van der Waals surface area (Å²) in [6.07, 6.45) is 6.15. The number of rotatable bonds is 6. The van der Waals surface area contributed by atoms with Gasteiger partial charge in [0.1, 0.15) is 23.9 Å². The average Bonchev–Trinajstić information content (AvgIpc) is 3.32. The Morgan fingerprint density at radius 1 is 1.33 bits per heavy atom. The summed E-state index contributed by atoms with van der Waals surface area (Å²) in [6.45, 7) is 7.44. The first-order valence-corrected chi connectivity index (χ1v) is 9.54. The largest absolute Gasteiger partial charge is 0.489 e. The van der Waals surface area contributed by atoms with E-state index in [4.69, 9.17) is 9.26 Å². The van der Waals surface area contributed by atoms with Crippen LogP contribution in [0.25, 0.3) is 0 Å². The first-order valence-electron chi connectivity index (χ1n) is 9.54. The van der Waals surface area contributed by atoms with Gasteiger partial charge in [0.15, 0.2) is 0 Å². The van der Waals surface area contributed by atoms with Gasteiger partial charge in [0.05, 0.1) is 11.3 Å². The Labute approximate surface area is 159 Å². The van der Waals surface area contributed by atoms with Crippen molar-refractivity contribution < 1.29 is 9.26 Å². The number of ether oxygens (including phenoxy) is 1. The summed E-state index contributed by atoms with van der Waals surface area (Å²) in [5, 5.41) is 3.98. The van der Waals surface area contributed by atoms with Crippen molar-refractivity contribution in [3.63, 3.8) is 0 Å². The number of nitrogens with one attached hydrogen (secondary N) is 1. The maximum absolute atomic E-state index is 5.99. The third-order valence-electron chi connectivity index (χ3n) is 5.28. The Balaban J connectivity index is 1.37. The van der Waals surface area contributed by atoms with Crippen LogP contribution in [-0.4, -0.2) is 33.1 Å². The second kappa shape index (κ2) is 7.96. The molecule has 3 aromatic rings. The van der Waals surface area contributed by atoms with E-state index in [0.717, 1.165) is 48.2 Å². The van der Waals surface area contributed by atoms with Crippen molar-refractivity contribution >= 4 is 0 Å². The van der Waals surface area contributed by atoms with Crippen LogP contribution in [0.3, 0.4) is 0 Å². The summed E-state index contributed by atoms with van der Waals surface area (Å²) >= 11 is 0. The molecule has 1 fully saturated rings. The van der Waals surface area contributed by atoms with Crippen LogP contribution in [0, 0.1) is 13.8 Å². The van der Waals surface area contributed by atoms with Gasteiger partial charge < -0.3 is 14.2 Å². The van der Waals surface area contributed by atoms with E-state index in [1.165, 1.54) is 18.4 Å². The lowest BCUT2D eigenvalue weighted by atomic mass is 9.97. The van der Waals surface area contributed by atoms with Crippen LogP contribution >= 0.6 is 0 Å². The molecular formula is C21H26N4O2. The molecule has 0 spiro atoms. The Morgan fingerprint density at radius 2 is 2.26 bits per heavy atom. The Hall–Kier alpha value is -2.60. The lowest BCUT2D eigenvalue weighted by molar-refractivity contribution is 0.196. The van der Waals surface area contributed by atoms with Gasteiger partial charge in [-0.2, -0.15) is 0 Å². The van der Waals surface area contributed by atoms with E-state index in [2.05, 4.69) is 38.2 Å². The third kappa shape index (κ3) is 4.22. The lowest BCUT2D eigenvalue weighted by Crippen LogP contribution is -2.34. The normalized spacial score (nSPS) is 17.9. The van der Waals surface area contributed by atoms with Crippen molar-refractivity contribution in [1.82, 2.24) is 20.0 Å². The second-order valence-corrected chi connectivity index (χ2v) is 7.29. The lowest BCUT2D eigenvalue weighted by Gasteiger charge is -2.31. The summed E-state index contributed by atoms with van der Waals surface area (Å²) in [5.41, 5.74) is 3.19. The van der Waals surface area contributed by atoms with E-state index in [0.29, 0.717) is 12.5 Å². The molecule has 1 unspecified atom stereocenters. The molecule has 6 nitrogen and oxygen atoms in total. The number of hydrogen-bond acceptors (Lipinski definition) is 5. The predicted molar refractivity (Wildman–Crippen MR) is 103 cm³/mol. The van der Waals surface area contributed by atoms with Gasteiger partial charge in [-0.3, -0.25) is 4.90 Å². The van der Waals surface area contributed by atoms with Gasteiger partial charge in [-0.05, 0) is 50.9 Å². The zero-order valence-electron chi connectivity index (χ0n) is 15.9. The van der Waals surface area contributed by atoms with E-state index < -0.39 is 0 Å². The number of nitrogens with zero attached hydrogens (tertiary/aromatic N) is 3. The summed E-state index contributed by atoms with van der Waals surface area (Å²) in [5.74, 6) is 3.30. The van der Waals surface area contributed by atoms with Crippen molar-refractivity contribution in [3.8, 4) is 5.75 Å². The molecule has 142 valence electrons. The van der Waals surface area contributed by atoms with Gasteiger partial charge in [0.2, 0.25) is 0 Å². The van der Waals surface area contributed by atoms with Crippen LogP contribution < -0.4 is 4.74 Å². The molecule has 1 aliphatic rings. The summed E-state index contributed by atoms with van der Waals surface area (Å²) in [6, 6.07) is 8.36. The van der Waals surface area contributed by atoms with Gasteiger partial charge in [-0.15, -0.1) is 0 Å². The molecule has 2 aromatic heterocycles. The van der Waals surface area contributed by atoms with Gasteiger partial charge in [-0.1, -0.05) is 17.3 Å². The number of hydrogen-bond donors (Lipinski definition) is 1. The smallest absolute Gasteiger partial charge is 0.140 e. The summed E-state index contributed by atoms with van der Waals surface area (Å²) in [7, 11) is 0. The molecule has 1 aromatic carbocycles. The highest BCUT2D eigenvalue weighted by atomic mass is 16.5. The molecule has 1 aliphatic heterocycles. The molecule has 0 saturated carbocycles. The molecule has 6 heteroatoms. The first-order chi connectivity index (χ1) is 13.2. The Kier molecular flexibility index (Phi) is 5.25. The Morgan fingerprint density at radius 3 is 3.04 bits per heavy atom. The summed E-state index contributed by atoms with van der Waals surface area (Å²) < 4.78 is 11.2. The van der Waals surface area contributed by atoms with Crippen molar-refractivity contribution in [2.24, 2.45) is 0 Å². The SMILES string of the molecule is Cc1noc(C)c1COc1cccc(CN2CCCC(c3ncc[nH]3)C2)c1. The zero-order chi connectivity index (χ0) is 18.6. The molecule has 1 atom stereocenters. The van der Waals surface area contributed by atoms with Gasteiger partial charge in [0, 0.05) is 31.4 Å². The predicted octanol–water partition coefficient (Wildman–Crippen LogP) is 3.97. The number of aryl methyl sites for hydroxylation is 2. The molecule has 0 amide bonds. The van der Waals surface area contributed by atoms with E-state index in [-0.39, 0.29) is 0 Å². The van der Waals surface area contributed by atoms with Crippen molar-refractivity contribution in [1.29, 1.82) is 0 Å². The monoisotopic (exact) mass is 366 g/mol. The average molecular weight is 366 g/mol. The number of aromatic nitrogens is 3. The summed E-state index contributed by atoms with van der Waals surface area (Å²) in [4.78, 5) is 10.2. The van der Waals surface area contributed by atoms with Gasteiger partial charge >= 0.3 is 0 Å². The molecule has 27 heavy (non-hydrogen) atoms. The van der Waals surface area contributed by atoms with Gasteiger partial charge in [-0.25, -0.2) is 4.98 Å². The number of piperidine rings is 1. The second-order valence-electron chi connectivity index (χ2n) is 7.29. The van der Waals surface area contributed by atoms with Crippen molar-refractivity contribution in [2.45, 2.75) is 45.8 Å². The molecule has 0 aliphatic carbocycles. The fourth-order valence-corrected chi connectivity index (χ4v) is 3.78. The third-order valence-corrected chi connectivity index (χ3v) is 5.28. The highest BCUT2D eigenvalue weighted by Crippen LogP contribution is 2.26. The minimum atomic E-state index is 0.481. The molecule has 4 rings (SSSR count). The quantitative estimate of drug-likeness (QED) is 0.715. The highest BCUT2D eigenvalue weighted by Gasteiger charge is 2.23. The van der Waals surface area contributed by atoms with Crippen LogP contribution in [0.2, 0.25) is 0 Å². The molecule has 1 saturated heterocycles. The molecule has 1 N–H and O–H groups in total. The fourth-order valence-electron chi connectivity index (χ4n) is 3.78. The maximum atomic E-state index is 5.99. The minimum Gasteiger partial charge on any atom is -0.489 e. The topological polar surface area (TPSA) is 67.2 Å². The van der Waals surface area contributed by atoms with E-state index in [1.54, 1.807) is 0 Å². The highest BCUT2D eigenvalue weighted by molar-refractivity contribution is 5.29. The maximum Gasteiger partial charge on any atom is 0.140 e. The van der Waals surface area contributed by atoms with Crippen molar-refractivity contribution in [3.05, 3.63) is 65.1 Å². The van der Waals surface area contributed by atoms with Crippen molar-refractivity contribution in [2.75, 3.05) is 13.1 Å². The number of aromatic amines is 1. The number of imidazole rings is 1. The fraction of sp³-hybridized carbons (Fsp3) is 0.429. The van der Waals surface area contributed by atoms with E-state index in [9.17, 15) is 0 Å².